The Labute approximate surface area is 220 Å². The second kappa shape index (κ2) is 11.3. The van der Waals surface area contributed by atoms with Gasteiger partial charge in [-0.3, -0.25) is 19.3 Å². The molecule has 0 saturated carbocycles. The van der Waals surface area contributed by atoms with E-state index in [1.165, 1.54) is 6.20 Å². The molecule has 10 nitrogen and oxygen atoms in total. The van der Waals surface area contributed by atoms with Crippen molar-refractivity contribution in [3.63, 3.8) is 0 Å². The van der Waals surface area contributed by atoms with E-state index < -0.39 is 10.2 Å². The number of hydrogen-bond donors (Lipinski definition) is 3. The van der Waals surface area contributed by atoms with Gasteiger partial charge in [-0.2, -0.15) is 8.42 Å². The Hall–Kier alpha value is -2.73. The average Bonchev–Trinajstić information content (AvgIpc) is 2.84. The van der Waals surface area contributed by atoms with E-state index in [1.54, 1.807) is 6.07 Å². The molecule has 0 bridgehead atoms. The van der Waals surface area contributed by atoms with E-state index in [1.807, 2.05) is 38.1 Å². The maximum absolute atomic E-state index is 12.4. The van der Waals surface area contributed by atoms with Crippen molar-refractivity contribution in [1.29, 1.82) is 0 Å². The molecule has 2 atom stereocenters. The van der Waals surface area contributed by atoms with Crippen LogP contribution in [0.4, 0.5) is 11.5 Å². The van der Waals surface area contributed by atoms with Crippen LogP contribution in [0.5, 0.6) is 0 Å². The number of rotatable bonds is 8. The summed E-state index contributed by atoms with van der Waals surface area (Å²) in [4.78, 5) is 24.1. The summed E-state index contributed by atoms with van der Waals surface area (Å²) in [6.45, 7) is 10.5. The Bertz CT molecular complexity index is 1200. The lowest BCUT2D eigenvalue weighted by atomic mass is 9.95. The number of nitrogens with one attached hydrogen (secondary N) is 1. The molecule has 2 fully saturated rings. The predicted molar refractivity (Wildman–Crippen MR) is 146 cm³/mol. The summed E-state index contributed by atoms with van der Waals surface area (Å²) >= 11 is 0. The van der Waals surface area contributed by atoms with Crippen molar-refractivity contribution < 1.29 is 13.2 Å². The number of carbonyl (C=O) groups excluding carboxylic acids is 1. The van der Waals surface area contributed by atoms with E-state index in [-0.39, 0.29) is 11.9 Å². The van der Waals surface area contributed by atoms with Gasteiger partial charge in [0.15, 0.2) is 0 Å². The van der Waals surface area contributed by atoms with Crippen molar-refractivity contribution in [2.24, 2.45) is 10.9 Å². The van der Waals surface area contributed by atoms with Crippen LogP contribution in [0.15, 0.2) is 36.5 Å². The van der Waals surface area contributed by atoms with Crippen LogP contribution in [0.1, 0.15) is 48.9 Å². The molecule has 4 rings (SSSR count). The van der Waals surface area contributed by atoms with Crippen LogP contribution in [0.3, 0.4) is 0 Å². The van der Waals surface area contributed by atoms with Gasteiger partial charge in [-0.15, -0.1) is 0 Å². The highest BCUT2D eigenvalue weighted by Gasteiger charge is 2.36. The minimum Gasteiger partial charge on any atom is -0.368 e. The molecule has 37 heavy (non-hydrogen) atoms. The molecule has 2 aliphatic rings. The van der Waals surface area contributed by atoms with Gasteiger partial charge in [0.25, 0.3) is 10.2 Å². The van der Waals surface area contributed by atoms with Crippen LogP contribution in [0.2, 0.25) is 0 Å². The van der Waals surface area contributed by atoms with Crippen molar-refractivity contribution in [1.82, 2.24) is 14.8 Å². The predicted octanol–water partition coefficient (Wildman–Crippen LogP) is 1.91. The number of aromatic nitrogens is 1. The third-order valence-corrected chi connectivity index (χ3v) is 8.13. The molecule has 11 heteroatoms. The quantitative estimate of drug-likeness (QED) is 0.475. The van der Waals surface area contributed by atoms with E-state index in [0.29, 0.717) is 17.8 Å². The van der Waals surface area contributed by atoms with Crippen LogP contribution in [0, 0.1) is 13.8 Å². The molecule has 1 amide bonds. The molecular formula is C26H39N7O3S. The minimum absolute atomic E-state index is 0.296. The van der Waals surface area contributed by atoms with Gasteiger partial charge < -0.3 is 10.6 Å². The molecular weight excluding hydrogens is 490 g/mol. The van der Waals surface area contributed by atoms with Gasteiger partial charge in [0.05, 0.1) is 11.9 Å². The highest BCUT2D eigenvalue weighted by Crippen LogP contribution is 2.30. The van der Waals surface area contributed by atoms with Gasteiger partial charge >= 0.3 is 0 Å². The fourth-order valence-electron chi connectivity index (χ4n) is 5.80. The maximum Gasteiger partial charge on any atom is 0.296 e. The second-order valence-corrected chi connectivity index (χ2v) is 11.5. The monoisotopic (exact) mass is 529 g/mol. The molecule has 0 aliphatic carbocycles. The first-order valence-electron chi connectivity index (χ1n) is 12.9. The topological polar surface area (TPSA) is 138 Å². The molecule has 3 heterocycles. The zero-order valence-electron chi connectivity index (χ0n) is 21.9. The van der Waals surface area contributed by atoms with E-state index >= 15 is 0 Å². The Balaban J connectivity index is 1.39. The first-order chi connectivity index (χ1) is 17.6. The minimum atomic E-state index is -3.84. The average molecular weight is 530 g/mol. The zero-order valence-corrected chi connectivity index (χ0v) is 22.7. The summed E-state index contributed by atoms with van der Waals surface area (Å²) in [7, 11) is -3.84. The van der Waals surface area contributed by atoms with E-state index in [0.717, 1.165) is 74.5 Å². The number of benzene rings is 1. The molecule has 2 saturated heterocycles. The van der Waals surface area contributed by atoms with Gasteiger partial charge in [0, 0.05) is 44.8 Å². The highest BCUT2D eigenvalue weighted by atomic mass is 32.2. The Kier molecular flexibility index (Phi) is 8.37. The number of likely N-dealkylation sites (tertiary alicyclic amines) is 1. The number of pyridine rings is 1. The van der Waals surface area contributed by atoms with Crippen LogP contribution in [0.25, 0.3) is 0 Å². The number of carbonyl (C=O) groups is 1. The van der Waals surface area contributed by atoms with E-state index in [4.69, 9.17) is 10.9 Å². The standard InChI is InChI=1S/C26H39N7O3S/c1-4-22-17-32(26-19(3)15-21(16-29-26)30-37(28,35)36)13-14-33(22)23-9-11-31(12-10-23)24(25(27)34)20-7-5-18(2)6-8-20/h5-8,15-16,22-24,30H,4,9-14,17H2,1-3H3,(H2,27,34)(H2,28,35,36). The van der Waals surface area contributed by atoms with Crippen molar-refractivity contribution in [2.45, 2.75) is 58.2 Å². The van der Waals surface area contributed by atoms with Crippen molar-refractivity contribution in [3.05, 3.63) is 53.2 Å². The summed E-state index contributed by atoms with van der Waals surface area (Å²) < 4.78 is 25.0. The number of hydrogen-bond acceptors (Lipinski definition) is 7. The maximum atomic E-state index is 12.4. The summed E-state index contributed by atoms with van der Waals surface area (Å²) in [5, 5.41) is 5.09. The SMILES string of the molecule is CCC1CN(c2ncc(NS(N)(=O)=O)cc2C)CCN1C1CCN(C(C(N)=O)c2ccc(C)cc2)CC1. The summed E-state index contributed by atoms with van der Waals surface area (Å²) in [6, 6.07) is 10.3. The van der Waals surface area contributed by atoms with Crippen LogP contribution >= 0.6 is 0 Å². The van der Waals surface area contributed by atoms with E-state index in [2.05, 4.69) is 31.3 Å². The number of nitrogens with zero attached hydrogens (tertiary/aromatic N) is 4. The highest BCUT2D eigenvalue weighted by molar-refractivity contribution is 7.90. The molecule has 0 spiro atoms. The lowest BCUT2D eigenvalue weighted by molar-refractivity contribution is -0.124. The molecule has 202 valence electrons. The Morgan fingerprint density at radius 3 is 2.38 bits per heavy atom. The summed E-state index contributed by atoms with van der Waals surface area (Å²) in [5.41, 5.74) is 9.23. The van der Waals surface area contributed by atoms with Crippen LogP contribution in [-0.2, 0) is 15.0 Å². The smallest absolute Gasteiger partial charge is 0.296 e. The van der Waals surface area contributed by atoms with Gasteiger partial charge in [-0.1, -0.05) is 36.8 Å². The van der Waals surface area contributed by atoms with Crippen molar-refractivity contribution in [3.8, 4) is 0 Å². The lowest BCUT2D eigenvalue weighted by Gasteiger charge is -2.48. The Morgan fingerprint density at radius 2 is 1.81 bits per heavy atom. The molecule has 2 aromatic rings. The molecule has 2 unspecified atom stereocenters. The molecule has 2 aliphatic heterocycles. The van der Waals surface area contributed by atoms with Crippen molar-refractivity contribution in [2.75, 3.05) is 42.3 Å². The number of piperidine rings is 1. The third kappa shape index (κ3) is 6.59. The number of piperazine rings is 1. The number of anilines is 2. The van der Waals surface area contributed by atoms with Crippen LogP contribution < -0.4 is 20.5 Å². The molecule has 1 aromatic heterocycles. The number of aryl methyl sites for hydroxylation is 2. The normalized spacial score (nSPS) is 21.1. The fraction of sp³-hybridized carbons (Fsp3) is 0.538. The third-order valence-electron chi connectivity index (χ3n) is 7.61. The van der Waals surface area contributed by atoms with Gasteiger partial charge in [0.1, 0.15) is 11.9 Å². The first kappa shape index (κ1) is 27.3. The second-order valence-electron chi connectivity index (χ2n) is 10.2. The largest absolute Gasteiger partial charge is 0.368 e. The van der Waals surface area contributed by atoms with Gasteiger partial charge in [0.2, 0.25) is 5.91 Å². The Morgan fingerprint density at radius 1 is 1.14 bits per heavy atom. The fourth-order valence-corrected chi connectivity index (χ4v) is 6.24. The van der Waals surface area contributed by atoms with Gasteiger partial charge in [-0.05, 0) is 50.3 Å². The first-order valence-corrected chi connectivity index (χ1v) is 14.5. The number of amides is 1. The van der Waals surface area contributed by atoms with Crippen LogP contribution in [-0.4, -0.2) is 73.9 Å². The summed E-state index contributed by atoms with van der Waals surface area (Å²) in [6.07, 6.45) is 4.53. The molecule has 0 radical (unpaired) electrons. The van der Waals surface area contributed by atoms with E-state index in [9.17, 15) is 13.2 Å². The van der Waals surface area contributed by atoms with Crippen molar-refractivity contribution >= 4 is 27.6 Å². The zero-order chi connectivity index (χ0) is 26.7. The number of primary amides is 1. The number of nitrogens with two attached hydrogens (primary N) is 2. The molecule has 1 aromatic carbocycles. The lowest BCUT2D eigenvalue weighted by Crippen LogP contribution is -2.59. The summed E-state index contributed by atoms with van der Waals surface area (Å²) in [5.74, 6) is 0.575. The molecule has 5 N–H and O–H groups in total. The van der Waals surface area contributed by atoms with Gasteiger partial charge in [-0.25, -0.2) is 10.1 Å².